The highest BCUT2D eigenvalue weighted by Crippen LogP contribution is 2.31. The van der Waals surface area contributed by atoms with Gasteiger partial charge in [-0.2, -0.15) is 0 Å². The molecule has 0 aliphatic rings. The van der Waals surface area contributed by atoms with Gasteiger partial charge in [0.1, 0.15) is 5.75 Å². The van der Waals surface area contributed by atoms with E-state index in [1.165, 1.54) is 23.1 Å². The van der Waals surface area contributed by atoms with Crippen molar-refractivity contribution in [2.45, 2.75) is 11.3 Å². The normalized spacial score (nSPS) is 10.6. The number of ether oxygens (including phenoxy) is 1. The molecule has 4 rings (SSSR count). The predicted molar refractivity (Wildman–Crippen MR) is 136 cm³/mol. The zero-order valence-electron chi connectivity index (χ0n) is 18.0. The van der Waals surface area contributed by atoms with Gasteiger partial charge in [0.2, 0.25) is 5.91 Å². The zero-order valence-corrected chi connectivity index (χ0v) is 19.7. The van der Waals surface area contributed by atoms with Gasteiger partial charge in [0.25, 0.3) is 0 Å². The number of nitrogens with one attached hydrogen (secondary N) is 3. The molecule has 3 N–H and O–H groups in total. The van der Waals surface area contributed by atoms with Crippen molar-refractivity contribution in [3.63, 3.8) is 0 Å². The number of carbonyl (C=O) groups excluding carboxylic acids is 2. The van der Waals surface area contributed by atoms with E-state index in [1.54, 1.807) is 31.4 Å². The molecule has 0 saturated carbocycles. The van der Waals surface area contributed by atoms with Gasteiger partial charge < -0.3 is 20.7 Å². The van der Waals surface area contributed by atoms with E-state index in [0.29, 0.717) is 17.1 Å². The van der Waals surface area contributed by atoms with Crippen LogP contribution >= 0.6 is 23.1 Å². The molecule has 168 valence electrons. The number of amides is 3. The lowest BCUT2D eigenvalue weighted by atomic mass is 10.2. The van der Waals surface area contributed by atoms with Gasteiger partial charge in [-0.15, -0.1) is 11.3 Å². The molecule has 33 heavy (non-hydrogen) atoms. The molecule has 3 aromatic carbocycles. The number of nitrogens with zero attached hydrogens (tertiary/aromatic N) is 1. The van der Waals surface area contributed by atoms with Gasteiger partial charge >= 0.3 is 6.03 Å². The molecule has 0 atom stereocenters. The maximum atomic E-state index is 12.3. The number of fused-ring (bicyclic) bond motifs is 1. The molecule has 7 nitrogen and oxygen atoms in total. The van der Waals surface area contributed by atoms with Crippen molar-refractivity contribution in [3.05, 3.63) is 72.3 Å². The van der Waals surface area contributed by atoms with E-state index in [0.717, 1.165) is 25.8 Å². The first-order valence-corrected chi connectivity index (χ1v) is 11.9. The van der Waals surface area contributed by atoms with Gasteiger partial charge in [-0.25, -0.2) is 9.78 Å². The maximum Gasteiger partial charge on any atom is 0.323 e. The lowest BCUT2D eigenvalue weighted by molar-refractivity contribution is -0.113. The minimum atomic E-state index is -0.352. The molecular formula is C24H22N4O3S2. The lowest BCUT2D eigenvalue weighted by Crippen LogP contribution is -2.19. The summed E-state index contributed by atoms with van der Waals surface area (Å²) >= 11 is 2.87. The fourth-order valence-corrected chi connectivity index (χ4v) is 4.91. The predicted octanol–water partition coefficient (Wildman–Crippen LogP) is 5.99. The summed E-state index contributed by atoms with van der Waals surface area (Å²) in [4.78, 5) is 29.1. The fraction of sp³-hybridized carbons (Fsp3) is 0.125. The average Bonchev–Trinajstić information content (AvgIpc) is 3.21. The van der Waals surface area contributed by atoms with E-state index in [-0.39, 0.29) is 17.7 Å². The Morgan fingerprint density at radius 2 is 1.67 bits per heavy atom. The van der Waals surface area contributed by atoms with Crippen LogP contribution in [0.25, 0.3) is 10.2 Å². The SMILES string of the molecule is COc1cccc(NC(=O)Nc2ccc3nc(SCC(=O)Nc4ccc(C)cc4)sc3c2)c1. The van der Waals surface area contributed by atoms with Crippen molar-refractivity contribution < 1.29 is 14.3 Å². The molecular weight excluding hydrogens is 456 g/mol. The Morgan fingerprint density at radius 3 is 2.42 bits per heavy atom. The summed E-state index contributed by atoms with van der Waals surface area (Å²) in [6, 6.07) is 20.0. The molecule has 4 aromatic rings. The number of methoxy groups -OCH3 is 1. The first-order valence-electron chi connectivity index (χ1n) is 10.1. The fourth-order valence-electron chi connectivity index (χ4n) is 3.00. The molecule has 0 aliphatic carbocycles. The molecule has 3 amide bonds. The van der Waals surface area contributed by atoms with Gasteiger partial charge in [-0.1, -0.05) is 35.5 Å². The minimum absolute atomic E-state index is 0.0836. The Balaban J connectivity index is 1.34. The number of hydrogen-bond donors (Lipinski definition) is 3. The Labute approximate surface area is 199 Å². The number of rotatable bonds is 7. The van der Waals surface area contributed by atoms with Crippen LogP contribution in [0.2, 0.25) is 0 Å². The van der Waals surface area contributed by atoms with E-state index >= 15 is 0 Å². The van der Waals surface area contributed by atoms with Crippen molar-refractivity contribution in [1.82, 2.24) is 4.98 Å². The van der Waals surface area contributed by atoms with E-state index in [9.17, 15) is 9.59 Å². The Kier molecular flexibility index (Phi) is 7.11. The first-order chi connectivity index (χ1) is 16.0. The van der Waals surface area contributed by atoms with Gasteiger partial charge in [0.15, 0.2) is 4.34 Å². The van der Waals surface area contributed by atoms with Gasteiger partial charge in [-0.05, 0) is 49.4 Å². The number of thioether (sulfide) groups is 1. The van der Waals surface area contributed by atoms with Crippen molar-refractivity contribution in [2.24, 2.45) is 0 Å². The number of urea groups is 1. The third-order valence-corrected chi connectivity index (χ3v) is 6.78. The summed E-state index contributed by atoms with van der Waals surface area (Å²) in [5.74, 6) is 0.845. The molecule has 0 unspecified atom stereocenters. The minimum Gasteiger partial charge on any atom is -0.497 e. The van der Waals surface area contributed by atoms with Gasteiger partial charge in [0.05, 0.1) is 23.1 Å². The molecule has 1 aromatic heterocycles. The Hall–Kier alpha value is -3.56. The van der Waals surface area contributed by atoms with E-state index < -0.39 is 0 Å². The smallest absolute Gasteiger partial charge is 0.323 e. The summed E-state index contributed by atoms with van der Waals surface area (Å²) in [6.45, 7) is 2.00. The third kappa shape index (κ3) is 6.24. The summed E-state index contributed by atoms with van der Waals surface area (Å²) in [7, 11) is 1.58. The standard InChI is InChI=1S/C24H22N4O3S2/c1-15-6-8-16(9-7-15)25-22(29)14-32-24-28-20-11-10-18(13-21(20)33-24)27-23(30)26-17-4-3-5-19(12-17)31-2/h3-13H,14H2,1-2H3,(H,25,29)(H2,26,27,30). The van der Waals surface area contributed by atoms with Crippen LogP contribution in [-0.4, -0.2) is 29.8 Å². The molecule has 0 aliphatic heterocycles. The van der Waals surface area contributed by atoms with Crippen molar-refractivity contribution >= 4 is 62.3 Å². The maximum absolute atomic E-state index is 12.3. The summed E-state index contributed by atoms with van der Waals surface area (Å²) in [5, 5.41) is 8.50. The quantitative estimate of drug-likeness (QED) is 0.284. The number of thiazole rings is 1. The number of carbonyl (C=O) groups is 2. The van der Waals surface area contributed by atoms with E-state index in [4.69, 9.17) is 4.74 Å². The molecule has 0 spiro atoms. The zero-order chi connectivity index (χ0) is 23.2. The number of anilines is 3. The highest BCUT2D eigenvalue weighted by Gasteiger charge is 2.10. The molecule has 0 saturated heterocycles. The highest BCUT2D eigenvalue weighted by atomic mass is 32.2. The molecule has 0 radical (unpaired) electrons. The van der Waals surface area contributed by atoms with Crippen molar-refractivity contribution in [2.75, 3.05) is 28.8 Å². The van der Waals surface area contributed by atoms with Crippen LogP contribution in [0, 0.1) is 6.92 Å². The van der Waals surface area contributed by atoms with Crippen LogP contribution in [0.1, 0.15) is 5.56 Å². The summed E-state index contributed by atoms with van der Waals surface area (Å²) in [6.07, 6.45) is 0. The summed E-state index contributed by atoms with van der Waals surface area (Å²) in [5.41, 5.74) is 4.02. The number of hydrogen-bond acceptors (Lipinski definition) is 6. The highest BCUT2D eigenvalue weighted by molar-refractivity contribution is 8.01. The summed E-state index contributed by atoms with van der Waals surface area (Å²) < 4.78 is 6.89. The molecule has 0 bridgehead atoms. The number of benzene rings is 3. The van der Waals surface area contributed by atoms with Gasteiger partial charge in [0, 0.05) is 23.1 Å². The van der Waals surface area contributed by atoms with Crippen LogP contribution in [0.3, 0.4) is 0 Å². The Morgan fingerprint density at radius 1 is 0.939 bits per heavy atom. The van der Waals surface area contributed by atoms with Crippen LogP contribution in [0.5, 0.6) is 5.75 Å². The van der Waals surface area contributed by atoms with E-state index in [1.807, 2.05) is 49.4 Å². The Bertz CT molecular complexity index is 1290. The lowest BCUT2D eigenvalue weighted by Gasteiger charge is -2.08. The largest absolute Gasteiger partial charge is 0.497 e. The van der Waals surface area contributed by atoms with Crippen LogP contribution in [0.15, 0.2) is 71.1 Å². The molecule has 0 fully saturated rings. The second kappa shape index (κ2) is 10.4. The molecule has 1 heterocycles. The number of aromatic nitrogens is 1. The monoisotopic (exact) mass is 478 g/mol. The number of aryl methyl sites for hydroxylation is 1. The van der Waals surface area contributed by atoms with Crippen molar-refractivity contribution in [1.29, 1.82) is 0 Å². The van der Waals surface area contributed by atoms with E-state index in [2.05, 4.69) is 20.9 Å². The van der Waals surface area contributed by atoms with Gasteiger partial charge in [-0.3, -0.25) is 4.79 Å². The topological polar surface area (TPSA) is 92.3 Å². The third-order valence-electron chi connectivity index (χ3n) is 4.62. The van der Waals surface area contributed by atoms with Crippen LogP contribution in [0.4, 0.5) is 21.9 Å². The second-order valence-corrected chi connectivity index (χ2v) is 9.43. The average molecular weight is 479 g/mol. The second-order valence-electron chi connectivity index (χ2n) is 7.18. The first kappa shape index (κ1) is 22.6. The molecule has 9 heteroatoms. The van der Waals surface area contributed by atoms with Crippen LogP contribution < -0.4 is 20.7 Å². The van der Waals surface area contributed by atoms with Crippen molar-refractivity contribution in [3.8, 4) is 5.75 Å². The van der Waals surface area contributed by atoms with Crippen LogP contribution in [-0.2, 0) is 4.79 Å².